The minimum absolute atomic E-state index is 0.747. The number of anilines is 2. The molecule has 26 heavy (non-hydrogen) atoms. The third-order valence-electron chi connectivity index (χ3n) is 4.18. The Kier molecular flexibility index (Phi) is 7.59. The molecule has 1 aliphatic heterocycles. The van der Waals surface area contributed by atoms with Gasteiger partial charge in [0, 0.05) is 58.4 Å². The summed E-state index contributed by atoms with van der Waals surface area (Å²) in [6.45, 7) is 6.11. The average molecular weight is 361 g/mol. The molecule has 1 heterocycles. The Morgan fingerprint density at radius 3 is 2.73 bits per heavy atom. The molecule has 1 N–H and O–H groups in total. The van der Waals surface area contributed by atoms with Crippen molar-refractivity contribution in [1.29, 1.82) is 0 Å². The van der Waals surface area contributed by atoms with E-state index in [1.165, 1.54) is 0 Å². The summed E-state index contributed by atoms with van der Waals surface area (Å²) in [5.74, 6) is 0.816. The van der Waals surface area contributed by atoms with Crippen LogP contribution in [-0.4, -0.2) is 71.7 Å². The Bertz CT molecular complexity index is 626. The molecule has 0 radical (unpaired) electrons. The maximum Gasteiger partial charge on any atom is 0.146 e. The molecule has 1 aromatic rings. The summed E-state index contributed by atoms with van der Waals surface area (Å²) >= 11 is 0. The van der Waals surface area contributed by atoms with Gasteiger partial charge in [-0.05, 0) is 19.1 Å². The number of ether oxygens (including phenoxy) is 2. The van der Waals surface area contributed by atoms with Crippen LogP contribution in [0.1, 0.15) is 6.92 Å². The number of hydrogen-bond donors (Lipinski definition) is 1. The van der Waals surface area contributed by atoms with Crippen molar-refractivity contribution in [3.63, 3.8) is 0 Å². The lowest BCUT2D eigenvalue weighted by atomic mass is 10.2. The summed E-state index contributed by atoms with van der Waals surface area (Å²) in [6, 6.07) is 6.25. The van der Waals surface area contributed by atoms with Crippen LogP contribution in [0.2, 0.25) is 0 Å². The van der Waals surface area contributed by atoms with Crippen LogP contribution in [0.3, 0.4) is 0 Å². The Balaban J connectivity index is 2.10. The van der Waals surface area contributed by atoms with Crippen molar-refractivity contribution in [3.05, 3.63) is 30.6 Å². The van der Waals surface area contributed by atoms with Crippen LogP contribution >= 0.6 is 0 Å². The van der Waals surface area contributed by atoms with Gasteiger partial charge in [-0.15, -0.1) is 0 Å². The molecule has 0 bridgehead atoms. The maximum atomic E-state index is 5.62. The molecular weight excluding hydrogens is 330 g/mol. The summed E-state index contributed by atoms with van der Waals surface area (Å²) < 4.78 is 11.0. The van der Waals surface area contributed by atoms with Gasteiger partial charge < -0.3 is 24.6 Å². The Morgan fingerprint density at radius 2 is 2.08 bits per heavy atom. The van der Waals surface area contributed by atoms with E-state index in [1.54, 1.807) is 7.11 Å². The lowest BCUT2D eigenvalue weighted by Gasteiger charge is -2.29. The standard InChI is InChI=1S/C19H31N5O2/c1-16(15-22(3)9-8-20-2)21-23(4)18-7-6-17(14-19(18)25-5)24-10-12-26-13-11-24/h6-9,14,20H,10-13,15H2,1-5H3/b9-8-,21-16+. The molecule has 0 aliphatic carbocycles. The van der Waals surface area contributed by atoms with E-state index in [0.29, 0.717) is 0 Å². The molecule has 0 aromatic heterocycles. The first-order valence-corrected chi connectivity index (χ1v) is 8.88. The number of nitrogens with zero attached hydrogens (tertiary/aromatic N) is 4. The van der Waals surface area contributed by atoms with Crippen LogP contribution in [0.25, 0.3) is 0 Å². The monoisotopic (exact) mass is 361 g/mol. The number of methoxy groups -OCH3 is 1. The second-order valence-electron chi connectivity index (χ2n) is 6.33. The lowest BCUT2D eigenvalue weighted by Crippen LogP contribution is -2.36. The van der Waals surface area contributed by atoms with Gasteiger partial charge in [0.15, 0.2) is 0 Å². The summed E-state index contributed by atoms with van der Waals surface area (Å²) in [6.07, 6.45) is 3.88. The first-order chi connectivity index (χ1) is 12.5. The van der Waals surface area contributed by atoms with E-state index in [0.717, 1.165) is 55.7 Å². The van der Waals surface area contributed by atoms with Crippen molar-refractivity contribution >= 4 is 17.1 Å². The van der Waals surface area contributed by atoms with Gasteiger partial charge in [0.05, 0.1) is 32.6 Å². The molecule has 1 saturated heterocycles. The van der Waals surface area contributed by atoms with Gasteiger partial charge >= 0.3 is 0 Å². The fourth-order valence-electron chi connectivity index (χ4n) is 2.91. The highest BCUT2D eigenvalue weighted by molar-refractivity contribution is 5.85. The molecule has 0 saturated carbocycles. The lowest BCUT2D eigenvalue weighted by molar-refractivity contribution is 0.122. The molecule has 144 valence electrons. The number of hydrogen-bond acceptors (Lipinski definition) is 7. The van der Waals surface area contributed by atoms with Crippen molar-refractivity contribution in [2.24, 2.45) is 5.10 Å². The Morgan fingerprint density at radius 1 is 1.35 bits per heavy atom. The van der Waals surface area contributed by atoms with Gasteiger partial charge in [0.25, 0.3) is 0 Å². The third-order valence-corrected chi connectivity index (χ3v) is 4.18. The zero-order chi connectivity index (χ0) is 18.9. The molecule has 0 atom stereocenters. The van der Waals surface area contributed by atoms with Crippen molar-refractivity contribution in [1.82, 2.24) is 10.2 Å². The molecule has 1 fully saturated rings. The van der Waals surface area contributed by atoms with Crippen molar-refractivity contribution in [3.8, 4) is 5.75 Å². The molecular formula is C19H31N5O2. The summed E-state index contributed by atoms with van der Waals surface area (Å²) in [7, 11) is 7.54. The van der Waals surface area contributed by atoms with E-state index in [9.17, 15) is 0 Å². The number of rotatable bonds is 8. The quantitative estimate of drug-likeness (QED) is 0.564. The van der Waals surface area contributed by atoms with Crippen molar-refractivity contribution < 1.29 is 9.47 Å². The van der Waals surface area contributed by atoms with Crippen molar-refractivity contribution in [2.75, 3.05) is 71.0 Å². The number of hydrazone groups is 1. The van der Waals surface area contributed by atoms with Crippen LogP contribution in [0, 0.1) is 0 Å². The van der Waals surface area contributed by atoms with E-state index in [-0.39, 0.29) is 0 Å². The largest absolute Gasteiger partial charge is 0.494 e. The van der Waals surface area contributed by atoms with Crippen LogP contribution < -0.4 is 20.0 Å². The smallest absolute Gasteiger partial charge is 0.146 e. The van der Waals surface area contributed by atoms with Crippen LogP contribution in [0.15, 0.2) is 35.7 Å². The third kappa shape index (κ3) is 5.56. The van der Waals surface area contributed by atoms with Crippen LogP contribution in [0.4, 0.5) is 11.4 Å². The van der Waals surface area contributed by atoms with Crippen molar-refractivity contribution in [2.45, 2.75) is 6.92 Å². The zero-order valence-electron chi connectivity index (χ0n) is 16.5. The average Bonchev–Trinajstić information content (AvgIpc) is 2.66. The summed E-state index contributed by atoms with van der Waals surface area (Å²) in [5.41, 5.74) is 3.10. The van der Waals surface area contributed by atoms with E-state index in [2.05, 4.69) is 38.4 Å². The highest BCUT2D eigenvalue weighted by Gasteiger charge is 2.15. The second kappa shape index (κ2) is 9.91. The topological polar surface area (TPSA) is 52.6 Å². The normalized spacial score (nSPS) is 15.3. The molecule has 2 rings (SSSR count). The Labute approximate surface area is 156 Å². The van der Waals surface area contributed by atoms with Gasteiger partial charge in [-0.1, -0.05) is 0 Å². The predicted molar refractivity (Wildman–Crippen MR) is 108 cm³/mol. The first kappa shape index (κ1) is 19.9. The summed E-state index contributed by atoms with van der Waals surface area (Å²) in [4.78, 5) is 4.38. The SMILES string of the molecule is CN/C=C\N(C)C/C(C)=N/N(C)c1ccc(N2CCOCC2)cc1OC. The molecule has 0 unspecified atom stereocenters. The Hall–Kier alpha value is -2.41. The highest BCUT2D eigenvalue weighted by Crippen LogP contribution is 2.32. The molecule has 7 nitrogen and oxygen atoms in total. The van der Waals surface area contributed by atoms with Gasteiger partial charge in [-0.3, -0.25) is 5.01 Å². The number of morpholine rings is 1. The van der Waals surface area contributed by atoms with Crippen LogP contribution in [-0.2, 0) is 4.74 Å². The van der Waals surface area contributed by atoms with E-state index < -0.39 is 0 Å². The zero-order valence-corrected chi connectivity index (χ0v) is 16.5. The first-order valence-electron chi connectivity index (χ1n) is 8.88. The molecule has 7 heteroatoms. The van der Waals surface area contributed by atoms with Gasteiger partial charge in [-0.25, -0.2) is 0 Å². The number of benzene rings is 1. The van der Waals surface area contributed by atoms with Gasteiger partial charge in [-0.2, -0.15) is 5.10 Å². The molecule has 1 aliphatic rings. The molecule has 0 amide bonds. The van der Waals surface area contributed by atoms with E-state index in [4.69, 9.17) is 9.47 Å². The number of nitrogens with one attached hydrogen (secondary N) is 1. The van der Waals surface area contributed by atoms with E-state index in [1.807, 2.05) is 45.5 Å². The molecule has 0 spiro atoms. The van der Waals surface area contributed by atoms with Gasteiger partial charge in [0.2, 0.25) is 0 Å². The summed E-state index contributed by atoms with van der Waals surface area (Å²) in [5, 5.41) is 9.54. The second-order valence-corrected chi connectivity index (χ2v) is 6.33. The highest BCUT2D eigenvalue weighted by atomic mass is 16.5. The fourth-order valence-corrected chi connectivity index (χ4v) is 2.91. The van der Waals surface area contributed by atoms with Gasteiger partial charge in [0.1, 0.15) is 11.4 Å². The van der Waals surface area contributed by atoms with E-state index >= 15 is 0 Å². The minimum Gasteiger partial charge on any atom is -0.494 e. The molecule has 1 aromatic carbocycles. The maximum absolute atomic E-state index is 5.62. The predicted octanol–water partition coefficient (Wildman–Crippen LogP) is 1.97. The minimum atomic E-state index is 0.747. The van der Waals surface area contributed by atoms with Crippen LogP contribution in [0.5, 0.6) is 5.75 Å². The fraction of sp³-hybridized carbons (Fsp3) is 0.526.